The third-order valence-electron chi connectivity index (χ3n) is 6.97. The average Bonchev–Trinajstić information content (AvgIpc) is 3.05. The summed E-state index contributed by atoms with van der Waals surface area (Å²) < 4.78 is 32.4. The molecule has 1 unspecified atom stereocenters. The number of aliphatic hydroxyl groups is 2. The van der Waals surface area contributed by atoms with E-state index in [9.17, 15) is 24.2 Å². The summed E-state index contributed by atoms with van der Waals surface area (Å²) in [6.45, 7) is 2.18. The second kappa shape index (κ2) is 32.5. The molecule has 272 valence electrons. The lowest BCUT2D eigenvalue weighted by Crippen LogP contribution is -2.29. The summed E-state index contributed by atoms with van der Waals surface area (Å²) in [5.41, 5.74) is 0. The topological polar surface area (TPSA) is 149 Å². The molecule has 3 N–H and O–H groups in total. The fraction of sp³-hybridized carbons (Fsp3) is 0.722. The van der Waals surface area contributed by atoms with E-state index in [1.807, 2.05) is 0 Å². The number of phosphoric ester groups is 1. The minimum atomic E-state index is -4.61. The molecule has 0 aliphatic heterocycles. The minimum Gasteiger partial charge on any atom is -0.462 e. The lowest BCUT2D eigenvalue weighted by atomic mass is 10.1. The van der Waals surface area contributed by atoms with E-state index in [-0.39, 0.29) is 19.4 Å². The van der Waals surface area contributed by atoms with Crippen molar-refractivity contribution in [1.82, 2.24) is 0 Å². The van der Waals surface area contributed by atoms with Gasteiger partial charge in [0.15, 0.2) is 6.10 Å². The maximum atomic E-state index is 12.4. The van der Waals surface area contributed by atoms with Crippen LogP contribution in [0.1, 0.15) is 129 Å². The van der Waals surface area contributed by atoms with Crippen molar-refractivity contribution in [2.75, 3.05) is 26.4 Å². The quantitative estimate of drug-likeness (QED) is 0.0274. The highest BCUT2D eigenvalue weighted by molar-refractivity contribution is 7.47. The number of carbonyl (C=O) groups excluding carboxylic acids is 2. The SMILES string of the molecule is CCC/C=C/C/C=C/C/C=C/C/C=C/CCCCCC(=O)OC[C@@H](COP(=O)(O)OC[C@H](O)CO)OC(=O)CCCCCCCCC. The van der Waals surface area contributed by atoms with Crippen LogP contribution in [-0.2, 0) is 32.7 Å². The van der Waals surface area contributed by atoms with Crippen LogP contribution >= 0.6 is 7.82 Å². The van der Waals surface area contributed by atoms with Gasteiger partial charge in [0.05, 0.1) is 19.8 Å². The molecule has 0 aromatic heterocycles. The van der Waals surface area contributed by atoms with Crippen molar-refractivity contribution in [2.24, 2.45) is 0 Å². The van der Waals surface area contributed by atoms with Crippen LogP contribution in [0, 0.1) is 0 Å². The fourth-order valence-electron chi connectivity index (χ4n) is 4.22. The summed E-state index contributed by atoms with van der Waals surface area (Å²) in [6, 6.07) is 0. The number of rotatable bonds is 32. The zero-order valence-corrected chi connectivity index (χ0v) is 29.9. The Bertz CT molecular complexity index is 931. The van der Waals surface area contributed by atoms with Gasteiger partial charge in [-0.25, -0.2) is 4.57 Å². The van der Waals surface area contributed by atoms with Crippen LogP contribution in [0.5, 0.6) is 0 Å². The first kappa shape index (κ1) is 44.9. The molecular weight excluding hydrogens is 623 g/mol. The van der Waals surface area contributed by atoms with E-state index >= 15 is 0 Å². The maximum absolute atomic E-state index is 12.4. The first-order chi connectivity index (χ1) is 22.7. The molecule has 0 fully saturated rings. The molecule has 0 radical (unpaired) electrons. The summed E-state index contributed by atoms with van der Waals surface area (Å²) >= 11 is 0. The van der Waals surface area contributed by atoms with Gasteiger partial charge in [0, 0.05) is 12.8 Å². The predicted octanol–water partition coefficient (Wildman–Crippen LogP) is 8.21. The van der Waals surface area contributed by atoms with Crippen LogP contribution in [0.4, 0.5) is 0 Å². The largest absolute Gasteiger partial charge is 0.472 e. The molecule has 0 bridgehead atoms. The van der Waals surface area contributed by atoms with E-state index < -0.39 is 51.8 Å². The van der Waals surface area contributed by atoms with Gasteiger partial charge >= 0.3 is 19.8 Å². The summed E-state index contributed by atoms with van der Waals surface area (Å²) in [6.07, 6.45) is 31.1. The highest BCUT2D eigenvalue weighted by Crippen LogP contribution is 2.43. The monoisotopic (exact) mass is 686 g/mol. The Morgan fingerprint density at radius 2 is 1.15 bits per heavy atom. The molecule has 10 nitrogen and oxygen atoms in total. The smallest absolute Gasteiger partial charge is 0.462 e. The van der Waals surface area contributed by atoms with Crippen molar-refractivity contribution in [2.45, 2.75) is 142 Å². The molecule has 0 amide bonds. The number of phosphoric acid groups is 1. The molecular formula is C36H63O10P. The summed E-state index contributed by atoms with van der Waals surface area (Å²) in [7, 11) is -4.61. The van der Waals surface area contributed by atoms with E-state index in [2.05, 4.69) is 67.0 Å². The van der Waals surface area contributed by atoms with Gasteiger partial charge < -0.3 is 24.6 Å². The zero-order chi connectivity index (χ0) is 34.9. The standard InChI is InChI=1S/C36H63O10P/c1-3-5-7-9-11-12-13-14-15-16-17-18-19-20-22-23-25-27-35(39)43-31-34(32-45-47(41,42)44-30-33(38)29-37)46-36(40)28-26-24-21-10-8-6-4-2/h7,9,12-13,15-16,18-19,33-34,37-38H,3-6,8,10-11,14,17,20-32H2,1-2H3,(H,41,42)/b9-7+,13-12+,16-15+,19-18+/t33-,34+/m1/s1. The van der Waals surface area contributed by atoms with E-state index in [0.29, 0.717) is 12.8 Å². The van der Waals surface area contributed by atoms with Gasteiger partial charge in [-0.2, -0.15) is 0 Å². The van der Waals surface area contributed by atoms with Gasteiger partial charge in [-0.15, -0.1) is 0 Å². The number of unbranched alkanes of at least 4 members (excludes halogenated alkanes) is 10. The zero-order valence-electron chi connectivity index (χ0n) is 29.0. The van der Waals surface area contributed by atoms with Gasteiger partial charge in [0.1, 0.15) is 12.7 Å². The molecule has 3 atom stereocenters. The molecule has 0 spiro atoms. The van der Waals surface area contributed by atoms with E-state index in [0.717, 1.165) is 64.2 Å². The van der Waals surface area contributed by atoms with Gasteiger partial charge in [-0.3, -0.25) is 18.6 Å². The number of ether oxygens (including phenoxy) is 2. The number of carbonyl (C=O) groups is 2. The Hall–Kier alpha value is -2.07. The second-order valence-electron chi connectivity index (χ2n) is 11.5. The molecule has 0 saturated carbocycles. The third kappa shape index (κ3) is 32.3. The number of esters is 2. The lowest BCUT2D eigenvalue weighted by molar-refractivity contribution is -0.161. The molecule has 47 heavy (non-hydrogen) atoms. The van der Waals surface area contributed by atoms with E-state index in [1.54, 1.807) is 0 Å². The number of hydrogen-bond acceptors (Lipinski definition) is 9. The van der Waals surface area contributed by atoms with Crippen LogP contribution in [-0.4, -0.2) is 65.7 Å². The summed E-state index contributed by atoms with van der Waals surface area (Å²) in [5.74, 6) is -0.974. The Morgan fingerprint density at radius 1 is 0.638 bits per heavy atom. The molecule has 0 heterocycles. The van der Waals surface area contributed by atoms with Crippen molar-refractivity contribution in [3.63, 3.8) is 0 Å². The Morgan fingerprint density at radius 3 is 1.74 bits per heavy atom. The van der Waals surface area contributed by atoms with Crippen molar-refractivity contribution in [3.05, 3.63) is 48.6 Å². The number of aliphatic hydroxyl groups excluding tert-OH is 2. The van der Waals surface area contributed by atoms with E-state index in [1.165, 1.54) is 25.7 Å². The molecule has 0 aliphatic carbocycles. The molecule has 0 saturated heterocycles. The average molecular weight is 687 g/mol. The predicted molar refractivity (Wildman–Crippen MR) is 187 cm³/mol. The van der Waals surface area contributed by atoms with Crippen LogP contribution in [0.25, 0.3) is 0 Å². The highest BCUT2D eigenvalue weighted by Gasteiger charge is 2.27. The van der Waals surface area contributed by atoms with Crippen LogP contribution in [0.2, 0.25) is 0 Å². The molecule has 0 aliphatic rings. The maximum Gasteiger partial charge on any atom is 0.472 e. The molecule has 0 rings (SSSR count). The second-order valence-corrected chi connectivity index (χ2v) is 13.0. The van der Waals surface area contributed by atoms with Gasteiger partial charge in [0.2, 0.25) is 0 Å². The summed E-state index contributed by atoms with van der Waals surface area (Å²) in [5, 5.41) is 18.2. The molecule has 0 aromatic rings. The van der Waals surface area contributed by atoms with Crippen molar-refractivity contribution < 1.29 is 47.8 Å². The number of hydrogen-bond donors (Lipinski definition) is 3. The minimum absolute atomic E-state index is 0.174. The van der Waals surface area contributed by atoms with Crippen molar-refractivity contribution in [3.8, 4) is 0 Å². The Labute approximate surface area is 283 Å². The molecule has 0 aromatic carbocycles. The molecule has 11 heteroatoms. The Balaban J connectivity index is 4.39. The lowest BCUT2D eigenvalue weighted by Gasteiger charge is -2.20. The van der Waals surface area contributed by atoms with Gasteiger partial charge in [-0.05, 0) is 51.4 Å². The highest BCUT2D eigenvalue weighted by atomic mass is 31.2. The van der Waals surface area contributed by atoms with Crippen LogP contribution in [0.15, 0.2) is 48.6 Å². The number of allylic oxidation sites excluding steroid dienone is 8. The normalized spacial score (nSPS) is 14.7. The van der Waals surface area contributed by atoms with E-state index in [4.69, 9.17) is 19.1 Å². The first-order valence-corrected chi connectivity index (χ1v) is 19.1. The summed E-state index contributed by atoms with van der Waals surface area (Å²) in [4.78, 5) is 34.6. The third-order valence-corrected chi connectivity index (χ3v) is 7.92. The van der Waals surface area contributed by atoms with Gasteiger partial charge in [-0.1, -0.05) is 114 Å². The van der Waals surface area contributed by atoms with Gasteiger partial charge in [0.25, 0.3) is 0 Å². The first-order valence-electron chi connectivity index (χ1n) is 17.6. The van der Waals surface area contributed by atoms with Crippen molar-refractivity contribution >= 4 is 19.8 Å². The van der Waals surface area contributed by atoms with Crippen LogP contribution in [0.3, 0.4) is 0 Å². The fourth-order valence-corrected chi connectivity index (χ4v) is 5.01. The Kier molecular flexibility index (Phi) is 31.0. The van der Waals surface area contributed by atoms with Crippen LogP contribution < -0.4 is 0 Å². The van der Waals surface area contributed by atoms with Crippen molar-refractivity contribution in [1.29, 1.82) is 0 Å².